The van der Waals surface area contributed by atoms with E-state index in [-0.39, 0.29) is 11.5 Å². The van der Waals surface area contributed by atoms with Gasteiger partial charge in [0.1, 0.15) is 0 Å². The molecule has 5 atom stereocenters. The van der Waals surface area contributed by atoms with Crippen molar-refractivity contribution in [3.8, 4) is 11.5 Å². The predicted molar refractivity (Wildman–Crippen MR) is 108 cm³/mol. The van der Waals surface area contributed by atoms with Crippen LogP contribution in [0.5, 0.6) is 11.5 Å². The van der Waals surface area contributed by atoms with Crippen LogP contribution in [0.3, 0.4) is 0 Å². The second kappa shape index (κ2) is 5.87. The summed E-state index contributed by atoms with van der Waals surface area (Å²) in [5, 5.41) is -0.0454. The van der Waals surface area contributed by atoms with Crippen LogP contribution >= 0.6 is 56.8 Å². The lowest BCUT2D eigenvalue weighted by molar-refractivity contribution is 0.0723. The van der Waals surface area contributed by atoms with Gasteiger partial charge in [-0.3, -0.25) is 4.90 Å². The number of halogens is 3. The van der Waals surface area contributed by atoms with E-state index < -0.39 is 0 Å². The lowest BCUT2D eigenvalue weighted by Gasteiger charge is -2.33. The summed E-state index contributed by atoms with van der Waals surface area (Å²) < 4.78 is 19.5. The monoisotopic (exact) mass is 571 g/mol. The van der Waals surface area contributed by atoms with E-state index in [0.29, 0.717) is 18.8 Å². The molecule has 0 amide bonds. The highest BCUT2D eigenvalue weighted by atomic mass is 127. The largest absolute Gasteiger partial charge is 0.452 e. The van der Waals surface area contributed by atoms with Crippen LogP contribution in [0, 0.1) is 7.14 Å². The molecule has 3 aliphatic heterocycles. The zero-order valence-corrected chi connectivity index (χ0v) is 18.1. The fourth-order valence-electron chi connectivity index (χ4n) is 4.56. The first-order valence-electron chi connectivity index (χ1n) is 8.02. The first-order valence-corrected chi connectivity index (χ1v) is 10.6. The SMILES string of the molecule is CO[C@H]1C[C@H]2C(=C[C@@H]1Cl)[C@H]1CN2Cc2c(I)c3c(c(I)c21)OCO3. The van der Waals surface area contributed by atoms with E-state index in [0.717, 1.165) is 31.0 Å². The van der Waals surface area contributed by atoms with E-state index in [1.54, 1.807) is 7.11 Å². The smallest absolute Gasteiger partial charge is 0.231 e. The number of hydrogen-bond donors (Lipinski definition) is 0. The van der Waals surface area contributed by atoms with E-state index in [4.69, 9.17) is 25.8 Å². The molecule has 4 aliphatic rings. The van der Waals surface area contributed by atoms with Gasteiger partial charge in [-0.15, -0.1) is 11.6 Å². The third kappa shape index (κ3) is 2.15. The molecule has 7 heteroatoms. The fraction of sp³-hybridized carbons (Fsp3) is 0.529. The molecule has 2 bridgehead atoms. The predicted octanol–water partition coefficient (Wildman–Crippen LogP) is 3.86. The van der Waals surface area contributed by atoms with Crippen LogP contribution in [0.4, 0.5) is 0 Å². The maximum atomic E-state index is 6.56. The lowest BCUT2D eigenvalue weighted by Crippen LogP contribution is -2.39. The van der Waals surface area contributed by atoms with Crippen LogP contribution in [-0.4, -0.2) is 42.9 Å². The summed E-state index contributed by atoms with van der Waals surface area (Å²) in [5.41, 5.74) is 4.29. The van der Waals surface area contributed by atoms with Gasteiger partial charge in [0.25, 0.3) is 0 Å². The summed E-state index contributed by atoms with van der Waals surface area (Å²) in [6, 6.07) is 0.436. The minimum atomic E-state index is -0.0454. The number of methoxy groups -OCH3 is 1. The zero-order chi connectivity index (χ0) is 16.6. The maximum absolute atomic E-state index is 6.56. The number of hydrogen-bond acceptors (Lipinski definition) is 4. The topological polar surface area (TPSA) is 30.9 Å². The van der Waals surface area contributed by atoms with Gasteiger partial charge in [-0.25, -0.2) is 0 Å². The van der Waals surface area contributed by atoms with Crippen LogP contribution in [0.15, 0.2) is 11.6 Å². The molecule has 128 valence electrons. The molecule has 1 unspecified atom stereocenters. The van der Waals surface area contributed by atoms with Gasteiger partial charge < -0.3 is 14.2 Å². The average molecular weight is 572 g/mol. The third-order valence-corrected chi connectivity index (χ3v) is 8.28. The molecule has 0 saturated carbocycles. The molecule has 0 aromatic heterocycles. The quantitative estimate of drug-likeness (QED) is 0.291. The molecule has 1 aliphatic carbocycles. The Hall–Kier alpha value is 0.230. The van der Waals surface area contributed by atoms with Gasteiger partial charge in [0.2, 0.25) is 6.79 Å². The Kier molecular flexibility index (Phi) is 4.01. The van der Waals surface area contributed by atoms with Crippen molar-refractivity contribution in [2.75, 3.05) is 20.4 Å². The van der Waals surface area contributed by atoms with Crippen LogP contribution in [-0.2, 0) is 11.3 Å². The molecule has 0 N–H and O–H groups in total. The van der Waals surface area contributed by atoms with Crippen molar-refractivity contribution in [3.05, 3.63) is 29.9 Å². The molecule has 4 nitrogen and oxygen atoms in total. The minimum absolute atomic E-state index is 0.0454. The number of nitrogens with zero attached hydrogens (tertiary/aromatic N) is 1. The van der Waals surface area contributed by atoms with Gasteiger partial charge >= 0.3 is 0 Å². The van der Waals surface area contributed by atoms with Gasteiger partial charge in [0.15, 0.2) is 11.5 Å². The van der Waals surface area contributed by atoms with Crippen LogP contribution in [0.1, 0.15) is 23.5 Å². The van der Waals surface area contributed by atoms with Crippen molar-refractivity contribution in [1.82, 2.24) is 4.90 Å². The molecule has 0 radical (unpaired) electrons. The highest BCUT2D eigenvalue weighted by molar-refractivity contribution is 14.1. The Labute approximate surface area is 173 Å². The Balaban J connectivity index is 1.67. The number of rotatable bonds is 1. The van der Waals surface area contributed by atoms with Crippen molar-refractivity contribution in [2.24, 2.45) is 0 Å². The molecule has 5 rings (SSSR count). The van der Waals surface area contributed by atoms with E-state index in [9.17, 15) is 0 Å². The highest BCUT2D eigenvalue weighted by Gasteiger charge is 2.48. The summed E-state index contributed by atoms with van der Waals surface area (Å²) in [7, 11) is 1.76. The Morgan fingerprint density at radius 2 is 2.00 bits per heavy atom. The van der Waals surface area contributed by atoms with Crippen molar-refractivity contribution in [1.29, 1.82) is 0 Å². The summed E-state index contributed by atoms with van der Waals surface area (Å²) in [6.45, 7) is 2.35. The molecular weight excluding hydrogens is 555 g/mol. The van der Waals surface area contributed by atoms with Crippen molar-refractivity contribution in [2.45, 2.75) is 36.4 Å². The van der Waals surface area contributed by atoms with E-state index in [2.05, 4.69) is 56.2 Å². The van der Waals surface area contributed by atoms with Crippen molar-refractivity contribution in [3.63, 3.8) is 0 Å². The van der Waals surface area contributed by atoms with Gasteiger partial charge in [-0.1, -0.05) is 6.08 Å². The summed E-state index contributed by atoms with van der Waals surface area (Å²) in [4.78, 5) is 2.58. The van der Waals surface area contributed by atoms with Crippen molar-refractivity contribution < 1.29 is 14.2 Å². The normalized spacial score (nSPS) is 35.5. The molecule has 3 heterocycles. The molecule has 24 heavy (non-hydrogen) atoms. The second-order valence-electron chi connectivity index (χ2n) is 6.70. The van der Waals surface area contributed by atoms with Gasteiger partial charge in [0, 0.05) is 32.2 Å². The highest BCUT2D eigenvalue weighted by Crippen LogP contribution is 2.54. The van der Waals surface area contributed by atoms with E-state index in [1.807, 2.05) is 0 Å². The standard InChI is InChI=1S/C17H16ClI2NO3/c1-22-12-3-11-7(2-10(12)18)8-4-21(11)5-9-13(8)15(20)17-16(14(9)19)23-6-24-17/h2,8,10-12H,3-6H2,1H3/t8-,10+,11+,12+/m1/s1. The molecule has 1 aromatic rings. The zero-order valence-electron chi connectivity index (χ0n) is 13.0. The van der Waals surface area contributed by atoms with Gasteiger partial charge in [-0.2, -0.15) is 0 Å². The summed E-state index contributed by atoms with van der Waals surface area (Å²) in [6.07, 6.45) is 3.32. The fourth-order valence-corrected chi connectivity index (χ4v) is 6.87. The van der Waals surface area contributed by atoms with E-state index >= 15 is 0 Å². The van der Waals surface area contributed by atoms with Gasteiger partial charge in [-0.05, 0) is 68.3 Å². The Morgan fingerprint density at radius 3 is 2.75 bits per heavy atom. The molecule has 1 fully saturated rings. The second-order valence-corrected chi connectivity index (χ2v) is 9.37. The maximum Gasteiger partial charge on any atom is 0.231 e. The summed E-state index contributed by atoms with van der Waals surface area (Å²) in [5.74, 6) is 2.25. The number of ether oxygens (including phenoxy) is 3. The van der Waals surface area contributed by atoms with Crippen molar-refractivity contribution >= 4 is 56.8 Å². The lowest BCUT2D eigenvalue weighted by atomic mass is 9.83. The summed E-state index contributed by atoms with van der Waals surface area (Å²) >= 11 is 11.4. The van der Waals surface area contributed by atoms with Gasteiger partial charge in [0.05, 0.1) is 18.6 Å². The van der Waals surface area contributed by atoms with E-state index in [1.165, 1.54) is 23.8 Å². The van der Waals surface area contributed by atoms with Crippen LogP contribution in [0.25, 0.3) is 0 Å². The molecular formula is C17H16ClI2NO3. The first-order chi connectivity index (χ1) is 11.6. The average Bonchev–Trinajstić information content (AvgIpc) is 3.17. The van der Waals surface area contributed by atoms with Crippen LogP contribution in [0.2, 0.25) is 0 Å². The Bertz CT molecular complexity index is 769. The molecule has 1 saturated heterocycles. The minimum Gasteiger partial charge on any atom is -0.452 e. The van der Waals surface area contributed by atoms with Crippen LogP contribution < -0.4 is 9.47 Å². The number of fused-ring (bicyclic) bond motifs is 8. The third-order valence-electron chi connectivity index (χ3n) is 5.66. The molecule has 1 aromatic carbocycles. The number of benzene rings is 1. The Morgan fingerprint density at radius 1 is 1.25 bits per heavy atom. The molecule has 0 spiro atoms. The first kappa shape index (κ1) is 16.4. The number of alkyl halides is 1.